The number of carbonyl (C=O) groups excluding carboxylic acids is 1. The largest absolute Gasteiger partial charge is 0.324 e. The van der Waals surface area contributed by atoms with Crippen LogP contribution in [0, 0.1) is 5.92 Å². The molecule has 2 heterocycles. The average molecular weight is 245 g/mol. The van der Waals surface area contributed by atoms with Crippen LogP contribution in [0.25, 0.3) is 0 Å². The minimum absolute atomic E-state index is 0.0753. The highest BCUT2D eigenvalue weighted by molar-refractivity contribution is 6.00. The first kappa shape index (κ1) is 11.7. The number of nitrogens with two attached hydrogens (primary N) is 1. The van der Waals surface area contributed by atoms with Gasteiger partial charge >= 0.3 is 0 Å². The number of carbonyl (C=O) groups is 1. The van der Waals surface area contributed by atoms with Crippen molar-refractivity contribution < 1.29 is 4.79 Å². The Morgan fingerprint density at radius 2 is 2.33 bits per heavy atom. The van der Waals surface area contributed by atoms with Crippen molar-refractivity contribution in [3.05, 3.63) is 29.3 Å². The Bertz CT molecular complexity index is 480. The van der Waals surface area contributed by atoms with E-state index in [2.05, 4.69) is 17.4 Å². The number of rotatable bonds is 2. The van der Waals surface area contributed by atoms with Crippen molar-refractivity contribution in [3.8, 4) is 0 Å². The Morgan fingerprint density at radius 1 is 1.50 bits per heavy atom. The molecule has 0 aliphatic carbocycles. The maximum atomic E-state index is 11.7. The highest BCUT2D eigenvalue weighted by Gasteiger charge is 2.27. The number of fused-ring (bicyclic) bond motifs is 1. The molecule has 0 radical (unpaired) electrons. The summed E-state index contributed by atoms with van der Waals surface area (Å²) >= 11 is 0. The second kappa shape index (κ2) is 4.37. The van der Waals surface area contributed by atoms with Crippen molar-refractivity contribution in [1.82, 2.24) is 5.32 Å². The van der Waals surface area contributed by atoms with E-state index in [1.54, 1.807) is 4.90 Å². The molecule has 1 aromatic carbocycles. The number of hydrogen-bond donors (Lipinski definition) is 2. The van der Waals surface area contributed by atoms with Gasteiger partial charge in [0.15, 0.2) is 0 Å². The van der Waals surface area contributed by atoms with E-state index in [0.29, 0.717) is 12.3 Å². The van der Waals surface area contributed by atoms with Crippen LogP contribution >= 0.6 is 0 Å². The Hall–Kier alpha value is -1.39. The number of anilines is 1. The third-order valence-corrected chi connectivity index (χ3v) is 4.17. The van der Waals surface area contributed by atoms with E-state index in [0.717, 1.165) is 36.3 Å². The highest BCUT2D eigenvalue weighted by atomic mass is 16.2. The lowest BCUT2D eigenvalue weighted by atomic mass is 9.92. The molecular formula is C14H19N3O. The Labute approximate surface area is 107 Å². The molecule has 3 N–H and O–H groups in total. The molecule has 18 heavy (non-hydrogen) atoms. The minimum Gasteiger partial charge on any atom is -0.324 e. The zero-order valence-corrected chi connectivity index (χ0v) is 10.6. The first-order valence-corrected chi connectivity index (χ1v) is 6.52. The van der Waals surface area contributed by atoms with Crippen LogP contribution < -0.4 is 16.0 Å². The van der Waals surface area contributed by atoms with Crippen LogP contribution in [-0.2, 0) is 11.2 Å². The highest BCUT2D eigenvalue weighted by Crippen LogP contribution is 2.32. The number of benzene rings is 1. The molecule has 3 rings (SSSR count). The molecule has 0 spiro atoms. The third-order valence-electron chi connectivity index (χ3n) is 4.17. The van der Waals surface area contributed by atoms with Gasteiger partial charge in [-0.05, 0) is 42.6 Å². The smallest absolute Gasteiger partial charge is 0.231 e. The lowest BCUT2D eigenvalue weighted by molar-refractivity contribution is -0.117. The fourth-order valence-electron chi connectivity index (χ4n) is 2.95. The van der Waals surface area contributed by atoms with Gasteiger partial charge in [0, 0.05) is 18.8 Å². The van der Waals surface area contributed by atoms with Crippen LogP contribution in [0.15, 0.2) is 18.2 Å². The van der Waals surface area contributed by atoms with E-state index in [4.69, 9.17) is 5.73 Å². The number of hydrogen-bond acceptors (Lipinski definition) is 3. The molecule has 1 fully saturated rings. The summed E-state index contributed by atoms with van der Waals surface area (Å²) in [5.41, 5.74) is 9.62. The van der Waals surface area contributed by atoms with Crippen LogP contribution in [0.4, 0.5) is 5.69 Å². The van der Waals surface area contributed by atoms with E-state index in [9.17, 15) is 4.79 Å². The molecule has 1 amide bonds. The molecule has 4 nitrogen and oxygen atoms in total. The van der Waals surface area contributed by atoms with Gasteiger partial charge in [-0.2, -0.15) is 0 Å². The summed E-state index contributed by atoms with van der Waals surface area (Å²) < 4.78 is 0. The summed E-state index contributed by atoms with van der Waals surface area (Å²) in [6.07, 6.45) is 1.65. The summed E-state index contributed by atoms with van der Waals surface area (Å²) in [7, 11) is 1.83. The fourth-order valence-corrected chi connectivity index (χ4v) is 2.95. The maximum absolute atomic E-state index is 11.7. The summed E-state index contributed by atoms with van der Waals surface area (Å²) in [6.45, 7) is 2.06. The Morgan fingerprint density at radius 3 is 3.06 bits per heavy atom. The standard InChI is InChI=1S/C14H19N3O/c1-17-12-3-2-9(6-11(12)7-13(17)18)14(15)10-4-5-16-8-10/h2-3,6,10,14,16H,4-5,7-8,15H2,1H3. The zero-order valence-electron chi connectivity index (χ0n) is 10.6. The second-order valence-electron chi connectivity index (χ2n) is 5.30. The molecule has 0 bridgehead atoms. The topological polar surface area (TPSA) is 58.4 Å². The summed E-state index contributed by atoms with van der Waals surface area (Å²) in [5, 5.41) is 3.35. The van der Waals surface area contributed by atoms with Gasteiger partial charge in [-0.25, -0.2) is 0 Å². The molecule has 0 aromatic heterocycles. The molecule has 1 saturated heterocycles. The van der Waals surface area contributed by atoms with Crippen molar-refractivity contribution in [1.29, 1.82) is 0 Å². The quantitative estimate of drug-likeness (QED) is 0.811. The molecule has 0 saturated carbocycles. The van der Waals surface area contributed by atoms with E-state index in [1.807, 2.05) is 13.1 Å². The Kier molecular flexibility index (Phi) is 2.84. The van der Waals surface area contributed by atoms with Gasteiger partial charge in [0.2, 0.25) is 5.91 Å². The van der Waals surface area contributed by atoms with Crippen molar-refractivity contribution in [2.45, 2.75) is 18.9 Å². The number of amides is 1. The van der Waals surface area contributed by atoms with Gasteiger partial charge in [0.05, 0.1) is 6.42 Å². The lowest BCUT2D eigenvalue weighted by Gasteiger charge is -2.19. The van der Waals surface area contributed by atoms with Crippen LogP contribution in [0.5, 0.6) is 0 Å². The second-order valence-corrected chi connectivity index (χ2v) is 5.30. The van der Waals surface area contributed by atoms with Gasteiger partial charge in [-0.1, -0.05) is 12.1 Å². The van der Waals surface area contributed by atoms with Crippen molar-refractivity contribution in [2.75, 3.05) is 25.0 Å². The van der Waals surface area contributed by atoms with Gasteiger partial charge in [0.25, 0.3) is 0 Å². The predicted molar refractivity (Wildman–Crippen MR) is 71.5 cm³/mol. The van der Waals surface area contributed by atoms with Crippen molar-refractivity contribution in [3.63, 3.8) is 0 Å². The Balaban J connectivity index is 1.87. The van der Waals surface area contributed by atoms with Crippen LogP contribution in [0.2, 0.25) is 0 Å². The maximum Gasteiger partial charge on any atom is 0.231 e. The van der Waals surface area contributed by atoms with Gasteiger partial charge in [-0.3, -0.25) is 4.79 Å². The summed E-state index contributed by atoms with van der Waals surface area (Å²) in [5.74, 6) is 0.677. The number of likely N-dealkylation sites (N-methyl/N-ethyl adjacent to an activating group) is 1. The molecule has 2 unspecified atom stereocenters. The summed E-state index contributed by atoms with van der Waals surface area (Å²) in [4.78, 5) is 13.4. The zero-order chi connectivity index (χ0) is 12.7. The molecule has 2 aliphatic heterocycles. The monoisotopic (exact) mass is 245 g/mol. The first-order valence-electron chi connectivity index (χ1n) is 6.52. The number of nitrogens with one attached hydrogen (secondary N) is 1. The minimum atomic E-state index is 0.0753. The molecule has 2 aliphatic rings. The van der Waals surface area contributed by atoms with Gasteiger partial charge < -0.3 is 16.0 Å². The third kappa shape index (κ3) is 1.82. The molecule has 4 heteroatoms. The van der Waals surface area contributed by atoms with E-state index < -0.39 is 0 Å². The van der Waals surface area contributed by atoms with E-state index in [1.165, 1.54) is 0 Å². The fraction of sp³-hybridized carbons (Fsp3) is 0.500. The molecular weight excluding hydrogens is 226 g/mol. The van der Waals surface area contributed by atoms with E-state index in [-0.39, 0.29) is 11.9 Å². The summed E-state index contributed by atoms with van der Waals surface area (Å²) in [6, 6.07) is 6.28. The molecule has 96 valence electrons. The molecule has 1 aromatic rings. The lowest BCUT2D eigenvalue weighted by Crippen LogP contribution is -2.23. The van der Waals surface area contributed by atoms with Crippen molar-refractivity contribution in [2.24, 2.45) is 11.7 Å². The van der Waals surface area contributed by atoms with Crippen LogP contribution in [0.1, 0.15) is 23.6 Å². The molecule has 2 atom stereocenters. The first-order chi connectivity index (χ1) is 8.66. The van der Waals surface area contributed by atoms with Crippen LogP contribution in [0.3, 0.4) is 0 Å². The van der Waals surface area contributed by atoms with Crippen molar-refractivity contribution >= 4 is 11.6 Å². The van der Waals surface area contributed by atoms with Gasteiger partial charge in [-0.15, -0.1) is 0 Å². The van der Waals surface area contributed by atoms with E-state index >= 15 is 0 Å². The SMILES string of the molecule is CN1C(=O)Cc2cc(C(N)C3CCNC3)ccc21. The van der Waals surface area contributed by atoms with Crippen LogP contribution in [-0.4, -0.2) is 26.0 Å². The normalized spacial score (nSPS) is 24.4. The average Bonchev–Trinajstić information content (AvgIpc) is 2.98. The predicted octanol–water partition coefficient (Wildman–Crippen LogP) is 0.815. The van der Waals surface area contributed by atoms with Gasteiger partial charge in [0.1, 0.15) is 0 Å². The number of nitrogens with zero attached hydrogens (tertiary/aromatic N) is 1.